The Bertz CT molecular complexity index is 681. The number of esters is 1. The van der Waals surface area contributed by atoms with Gasteiger partial charge in [0, 0.05) is 16.9 Å². The number of hydrogen-bond donors (Lipinski definition) is 0. The molecule has 0 saturated carbocycles. The van der Waals surface area contributed by atoms with Gasteiger partial charge in [-0.2, -0.15) is 0 Å². The van der Waals surface area contributed by atoms with Crippen molar-refractivity contribution in [2.75, 3.05) is 6.61 Å². The normalized spacial score (nSPS) is 10.5. The second kappa shape index (κ2) is 5.95. The molecule has 0 aliphatic rings. The lowest BCUT2D eigenvalue weighted by Gasteiger charge is -2.11. The molecule has 4 nitrogen and oxygen atoms in total. The van der Waals surface area contributed by atoms with Gasteiger partial charge < -0.3 is 9.30 Å². The van der Waals surface area contributed by atoms with Crippen LogP contribution in [-0.2, 0) is 4.74 Å². The van der Waals surface area contributed by atoms with E-state index in [2.05, 4.69) is 0 Å². The molecule has 4 heteroatoms. The maximum atomic E-state index is 12.1. The van der Waals surface area contributed by atoms with E-state index in [0.717, 1.165) is 16.9 Å². The van der Waals surface area contributed by atoms with E-state index in [0.29, 0.717) is 17.9 Å². The minimum absolute atomic E-state index is 0.0658. The van der Waals surface area contributed by atoms with Gasteiger partial charge in [-0.3, -0.25) is 4.79 Å². The topological polar surface area (TPSA) is 48.3 Å². The highest BCUT2D eigenvalue weighted by molar-refractivity contribution is 5.99. The van der Waals surface area contributed by atoms with Crippen molar-refractivity contribution in [1.82, 2.24) is 4.57 Å². The van der Waals surface area contributed by atoms with Gasteiger partial charge in [0.05, 0.1) is 6.61 Å². The zero-order valence-electron chi connectivity index (χ0n) is 12.8. The molecule has 0 radical (unpaired) electrons. The summed E-state index contributed by atoms with van der Waals surface area (Å²) >= 11 is 0. The first kappa shape index (κ1) is 15.0. The third-order valence-corrected chi connectivity index (χ3v) is 3.40. The van der Waals surface area contributed by atoms with Crippen molar-refractivity contribution < 1.29 is 14.3 Å². The summed E-state index contributed by atoms with van der Waals surface area (Å²) in [4.78, 5) is 23.9. The van der Waals surface area contributed by atoms with Gasteiger partial charge >= 0.3 is 5.97 Å². The van der Waals surface area contributed by atoms with Crippen LogP contribution < -0.4 is 0 Å². The Kier molecular flexibility index (Phi) is 4.26. The molecule has 0 N–H and O–H groups in total. The molecule has 1 aromatic heterocycles. The maximum absolute atomic E-state index is 12.1. The summed E-state index contributed by atoms with van der Waals surface area (Å²) in [6.45, 7) is 7.39. The van der Waals surface area contributed by atoms with Crippen molar-refractivity contribution in [3.63, 3.8) is 0 Å². The number of ether oxygens (including phenoxy) is 1. The van der Waals surface area contributed by atoms with Crippen LogP contribution in [0.2, 0.25) is 0 Å². The summed E-state index contributed by atoms with van der Waals surface area (Å²) in [7, 11) is 0. The van der Waals surface area contributed by atoms with Gasteiger partial charge in [-0.1, -0.05) is 17.7 Å². The number of aryl methyl sites for hydroxylation is 1. The smallest absolute Gasteiger partial charge is 0.355 e. The summed E-state index contributed by atoms with van der Waals surface area (Å²) in [6, 6.07) is 9.40. The molecule has 2 aromatic rings. The average molecular weight is 285 g/mol. The monoisotopic (exact) mass is 285 g/mol. The first-order chi connectivity index (χ1) is 9.95. The Balaban J connectivity index is 2.64. The molecule has 1 heterocycles. The summed E-state index contributed by atoms with van der Waals surface area (Å²) < 4.78 is 6.86. The minimum Gasteiger partial charge on any atom is -0.461 e. The quantitative estimate of drug-likeness (QED) is 0.638. The largest absolute Gasteiger partial charge is 0.461 e. The number of nitrogens with zero attached hydrogens (tertiary/aromatic N) is 1. The minimum atomic E-state index is -0.423. The number of carbonyl (C=O) groups excluding carboxylic acids is 2. The molecule has 0 aliphatic heterocycles. The first-order valence-corrected chi connectivity index (χ1v) is 6.93. The van der Waals surface area contributed by atoms with E-state index in [1.807, 2.05) is 38.1 Å². The van der Waals surface area contributed by atoms with Crippen LogP contribution in [-0.4, -0.2) is 22.9 Å². The van der Waals surface area contributed by atoms with Crippen LogP contribution in [0.4, 0.5) is 0 Å². The molecule has 0 amide bonds. The zero-order valence-corrected chi connectivity index (χ0v) is 12.8. The molecular formula is C17H19NO3. The Morgan fingerprint density at radius 2 is 1.76 bits per heavy atom. The number of Topliss-reactive ketones (excluding diaryl/α,β-unsaturated/α-hetero) is 1. The van der Waals surface area contributed by atoms with Gasteiger partial charge in [0.25, 0.3) is 0 Å². The Labute approximate surface area is 124 Å². The van der Waals surface area contributed by atoms with Crippen molar-refractivity contribution in [2.45, 2.75) is 27.7 Å². The highest BCUT2D eigenvalue weighted by Crippen LogP contribution is 2.23. The zero-order chi connectivity index (χ0) is 15.6. The van der Waals surface area contributed by atoms with Crippen LogP contribution in [0.15, 0.2) is 30.3 Å². The van der Waals surface area contributed by atoms with E-state index in [4.69, 9.17) is 4.74 Å². The number of ketones is 1. The summed E-state index contributed by atoms with van der Waals surface area (Å²) in [5.41, 5.74) is 3.64. The molecule has 110 valence electrons. The fourth-order valence-electron chi connectivity index (χ4n) is 2.35. The number of hydrogen-bond acceptors (Lipinski definition) is 3. The molecule has 0 spiro atoms. The SMILES string of the molecule is CCOC(=O)c1cc(C(C)=O)c(C)n1-c1ccc(C)cc1. The van der Waals surface area contributed by atoms with Crippen molar-refractivity contribution in [3.05, 3.63) is 52.8 Å². The maximum Gasteiger partial charge on any atom is 0.355 e. The van der Waals surface area contributed by atoms with Gasteiger partial charge in [-0.15, -0.1) is 0 Å². The molecular weight excluding hydrogens is 266 g/mol. The van der Waals surface area contributed by atoms with Crippen LogP contribution in [0.3, 0.4) is 0 Å². The fraction of sp³-hybridized carbons (Fsp3) is 0.294. The Hall–Kier alpha value is -2.36. The number of carbonyl (C=O) groups is 2. The number of benzene rings is 1. The Morgan fingerprint density at radius 1 is 1.14 bits per heavy atom. The van der Waals surface area contributed by atoms with Gasteiger partial charge in [0.15, 0.2) is 5.78 Å². The van der Waals surface area contributed by atoms with Crippen molar-refractivity contribution in [1.29, 1.82) is 0 Å². The van der Waals surface area contributed by atoms with Crippen LogP contribution in [0.5, 0.6) is 0 Å². The molecule has 0 unspecified atom stereocenters. The molecule has 0 atom stereocenters. The third-order valence-electron chi connectivity index (χ3n) is 3.40. The highest BCUT2D eigenvalue weighted by Gasteiger charge is 2.21. The Morgan fingerprint density at radius 3 is 2.29 bits per heavy atom. The molecule has 0 bridgehead atoms. The van der Waals surface area contributed by atoms with Gasteiger partial charge in [-0.25, -0.2) is 4.79 Å². The predicted molar refractivity (Wildman–Crippen MR) is 81.2 cm³/mol. The average Bonchev–Trinajstić information content (AvgIpc) is 2.78. The van der Waals surface area contributed by atoms with Crippen LogP contribution >= 0.6 is 0 Å². The molecule has 0 aliphatic carbocycles. The van der Waals surface area contributed by atoms with E-state index in [-0.39, 0.29) is 5.78 Å². The first-order valence-electron chi connectivity index (χ1n) is 6.93. The van der Waals surface area contributed by atoms with Crippen molar-refractivity contribution in [2.24, 2.45) is 0 Å². The highest BCUT2D eigenvalue weighted by atomic mass is 16.5. The van der Waals surface area contributed by atoms with Gasteiger partial charge in [-0.05, 0) is 45.9 Å². The van der Waals surface area contributed by atoms with E-state index in [9.17, 15) is 9.59 Å². The van der Waals surface area contributed by atoms with E-state index < -0.39 is 5.97 Å². The molecule has 2 rings (SSSR count). The van der Waals surface area contributed by atoms with Crippen LogP contribution in [0, 0.1) is 13.8 Å². The second-order valence-electron chi connectivity index (χ2n) is 4.98. The summed E-state index contributed by atoms with van der Waals surface area (Å²) in [6.07, 6.45) is 0. The van der Waals surface area contributed by atoms with E-state index in [1.54, 1.807) is 17.6 Å². The molecule has 0 saturated heterocycles. The van der Waals surface area contributed by atoms with E-state index in [1.165, 1.54) is 6.92 Å². The number of rotatable bonds is 4. The lowest BCUT2D eigenvalue weighted by atomic mass is 10.2. The predicted octanol–water partition coefficient (Wildman–Crippen LogP) is 3.47. The summed E-state index contributed by atoms with van der Waals surface area (Å²) in [5, 5.41) is 0. The number of aromatic nitrogens is 1. The lowest BCUT2D eigenvalue weighted by molar-refractivity contribution is 0.0517. The standard InChI is InChI=1S/C17H19NO3/c1-5-21-17(20)16-10-15(13(4)19)12(3)18(16)14-8-6-11(2)7-9-14/h6-10H,5H2,1-4H3. The van der Waals surface area contributed by atoms with Gasteiger partial charge in [0.1, 0.15) is 5.69 Å². The van der Waals surface area contributed by atoms with Crippen molar-refractivity contribution in [3.8, 4) is 5.69 Å². The fourth-order valence-corrected chi connectivity index (χ4v) is 2.35. The third kappa shape index (κ3) is 2.89. The molecule has 1 aromatic carbocycles. The molecule has 0 fully saturated rings. The van der Waals surface area contributed by atoms with Crippen LogP contribution in [0.1, 0.15) is 46.0 Å². The van der Waals surface area contributed by atoms with Crippen LogP contribution in [0.25, 0.3) is 5.69 Å². The lowest BCUT2D eigenvalue weighted by Crippen LogP contribution is -2.11. The van der Waals surface area contributed by atoms with Gasteiger partial charge in [0.2, 0.25) is 0 Å². The second-order valence-corrected chi connectivity index (χ2v) is 4.98. The summed E-state index contributed by atoms with van der Waals surface area (Å²) in [5.74, 6) is -0.488. The van der Waals surface area contributed by atoms with E-state index >= 15 is 0 Å². The van der Waals surface area contributed by atoms with Crippen molar-refractivity contribution >= 4 is 11.8 Å². The molecule has 21 heavy (non-hydrogen) atoms.